The number of piperidine rings is 1. The van der Waals surface area contributed by atoms with Gasteiger partial charge in [-0.3, -0.25) is 5.32 Å². The fraction of sp³-hybridized carbons (Fsp3) is 0.273. The Morgan fingerprint density at radius 3 is 2.42 bits per heavy atom. The highest BCUT2D eigenvalue weighted by Crippen LogP contribution is 2.24. The number of urea groups is 1. The minimum absolute atomic E-state index is 0.285. The predicted molar refractivity (Wildman–Crippen MR) is 122 cm³/mol. The molecule has 2 amide bonds. The largest absolute Gasteiger partial charge is 0.334 e. The zero-order valence-electron chi connectivity index (χ0n) is 17.0. The zero-order valence-corrected chi connectivity index (χ0v) is 18.6. The van der Waals surface area contributed by atoms with E-state index in [4.69, 9.17) is 0 Å². The van der Waals surface area contributed by atoms with Crippen molar-refractivity contribution in [3.8, 4) is 11.3 Å². The molecule has 0 bridgehead atoms. The number of hydrogen-bond donors (Lipinski definition) is 2. The van der Waals surface area contributed by atoms with Crippen molar-refractivity contribution >= 4 is 32.5 Å². The smallest absolute Gasteiger partial charge is 0.321 e. The first-order valence-electron chi connectivity index (χ1n) is 10.2. The number of nitrogens with zero attached hydrogens (tertiary/aromatic N) is 2. The summed E-state index contributed by atoms with van der Waals surface area (Å²) in [5, 5.41) is 7.92. The normalized spacial score (nSPS) is 14.8. The fourth-order valence-corrected chi connectivity index (χ4v) is 5.66. The highest BCUT2D eigenvalue weighted by molar-refractivity contribution is 7.89. The van der Waals surface area contributed by atoms with Crippen LogP contribution in [-0.2, 0) is 16.6 Å². The number of benzene rings is 2. The monoisotopic (exact) mass is 456 g/mol. The van der Waals surface area contributed by atoms with Gasteiger partial charge in [-0.1, -0.05) is 48.9 Å². The molecule has 162 valence electrons. The maximum atomic E-state index is 12.7. The summed E-state index contributed by atoms with van der Waals surface area (Å²) in [5.41, 5.74) is 2.62. The number of sulfonamides is 1. The molecule has 1 aliphatic rings. The molecule has 7 nitrogen and oxygen atoms in total. The molecule has 0 aliphatic carbocycles. The van der Waals surface area contributed by atoms with Crippen LogP contribution in [0.2, 0.25) is 0 Å². The Hall–Kier alpha value is -2.75. The van der Waals surface area contributed by atoms with Crippen LogP contribution in [0.25, 0.3) is 11.3 Å². The number of thiazole rings is 1. The van der Waals surface area contributed by atoms with E-state index in [9.17, 15) is 13.2 Å². The summed E-state index contributed by atoms with van der Waals surface area (Å²) in [5.74, 6) is 0. The van der Waals surface area contributed by atoms with Crippen molar-refractivity contribution in [2.45, 2.75) is 30.7 Å². The number of rotatable bonds is 6. The van der Waals surface area contributed by atoms with Crippen LogP contribution in [0.4, 0.5) is 9.93 Å². The molecule has 1 fully saturated rings. The molecule has 1 saturated heterocycles. The Morgan fingerprint density at radius 2 is 1.71 bits per heavy atom. The van der Waals surface area contributed by atoms with Gasteiger partial charge in [-0.15, -0.1) is 11.3 Å². The Morgan fingerprint density at radius 1 is 1.00 bits per heavy atom. The second-order valence-electron chi connectivity index (χ2n) is 7.32. The fourth-order valence-electron chi connectivity index (χ4n) is 3.43. The summed E-state index contributed by atoms with van der Waals surface area (Å²) in [4.78, 5) is 16.9. The zero-order chi connectivity index (χ0) is 21.7. The van der Waals surface area contributed by atoms with E-state index in [0.29, 0.717) is 23.1 Å². The molecule has 31 heavy (non-hydrogen) atoms. The first-order valence-corrected chi connectivity index (χ1v) is 12.5. The van der Waals surface area contributed by atoms with E-state index in [2.05, 4.69) is 15.6 Å². The lowest BCUT2D eigenvalue weighted by atomic mass is 10.2. The van der Waals surface area contributed by atoms with Crippen LogP contribution in [0.15, 0.2) is 64.9 Å². The lowest BCUT2D eigenvalue weighted by Crippen LogP contribution is -2.35. The maximum absolute atomic E-state index is 12.7. The minimum Gasteiger partial charge on any atom is -0.334 e. The molecule has 1 aromatic heterocycles. The van der Waals surface area contributed by atoms with E-state index in [1.54, 1.807) is 28.6 Å². The summed E-state index contributed by atoms with van der Waals surface area (Å²) in [6.45, 7) is 1.44. The third-order valence-electron chi connectivity index (χ3n) is 5.12. The molecule has 2 heterocycles. The molecule has 0 unspecified atom stereocenters. The van der Waals surface area contributed by atoms with Gasteiger partial charge in [0, 0.05) is 30.6 Å². The second-order valence-corrected chi connectivity index (χ2v) is 10.1. The third kappa shape index (κ3) is 5.30. The second kappa shape index (κ2) is 9.59. The molecule has 0 radical (unpaired) electrons. The molecule has 2 aromatic carbocycles. The van der Waals surface area contributed by atoms with Crippen LogP contribution in [0.3, 0.4) is 0 Å². The Kier molecular flexibility index (Phi) is 6.64. The summed E-state index contributed by atoms with van der Waals surface area (Å²) in [6.07, 6.45) is 2.89. The number of amides is 2. The SMILES string of the molecule is O=C(NCc1ccc(S(=O)(=O)N2CCCCC2)cc1)Nc1nc(-c2ccccc2)cs1. The molecule has 1 aliphatic heterocycles. The molecule has 0 atom stereocenters. The van der Waals surface area contributed by atoms with Crippen molar-refractivity contribution in [3.05, 3.63) is 65.5 Å². The van der Waals surface area contributed by atoms with E-state index in [1.165, 1.54) is 11.3 Å². The number of carbonyl (C=O) groups is 1. The van der Waals surface area contributed by atoms with Crippen molar-refractivity contribution in [2.24, 2.45) is 0 Å². The summed E-state index contributed by atoms with van der Waals surface area (Å²) >= 11 is 1.36. The molecule has 0 saturated carbocycles. The van der Waals surface area contributed by atoms with Crippen LogP contribution in [0.5, 0.6) is 0 Å². The molecule has 9 heteroatoms. The van der Waals surface area contributed by atoms with Crippen molar-refractivity contribution < 1.29 is 13.2 Å². The van der Waals surface area contributed by atoms with Crippen molar-refractivity contribution in [3.63, 3.8) is 0 Å². The average molecular weight is 457 g/mol. The van der Waals surface area contributed by atoms with Crippen molar-refractivity contribution in [2.75, 3.05) is 18.4 Å². The Bertz CT molecular complexity index is 1120. The predicted octanol–water partition coefficient (Wildman–Crippen LogP) is 4.31. The maximum Gasteiger partial charge on any atom is 0.321 e. The Labute approximate surface area is 186 Å². The van der Waals surface area contributed by atoms with Gasteiger partial charge in [0.2, 0.25) is 10.0 Å². The van der Waals surface area contributed by atoms with E-state index in [-0.39, 0.29) is 12.6 Å². The van der Waals surface area contributed by atoms with E-state index in [0.717, 1.165) is 36.1 Å². The Balaban J connectivity index is 1.31. The number of anilines is 1. The van der Waals surface area contributed by atoms with Gasteiger partial charge in [0.25, 0.3) is 0 Å². The van der Waals surface area contributed by atoms with Gasteiger partial charge < -0.3 is 5.32 Å². The average Bonchev–Trinajstić information content (AvgIpc) is 3.27. The van der Waals surface area contributed by atoms with Gasteiger partial charge in [-0.05, 0) is 30.5 Å². The number of carbonyl (C=O) groups excluding carboxylic acids is 1. The van der Waals surface area contributed by atoms with Gasteiger partial charge in [0.05, 0.1) is 10.6 Å². The van der Waals surface area contributed by atoms with Gasteiger partial charge in [-0.2, -0.15) is 4.31 Å². The molecule has 4 rings (SSSR count). The van der Waals surface area contributed by atoms with Crippen LogP contribution in [-0.4, -0.2) is 36.8 Å². The first kappa shape index (κ1) is 21.5. The number of aromatic nitrogens is 1. The van der Waals surface area contributed by atoms with Gasteiger partial charge in [0.1, 0.15) is 0 Å². The topological polar surface area (TPSA) is 91.4 Å². The highest BCUT2D eigenvalue weighted by Gasteiger charge is 2.25. The highest BCUT2D eigenvalue weighted by atomic mass is 32.2. The summed E-state index contributed by atoms with van der Waals surface area (Å²) in [7, 11) is -3.44. The van der Waals surface area contributed by atoms with E-state index >= 15 is 0 Å². The first-order chi connectivity index (χ1) is 15.0. The third-order valence-corrected chi connectivity index (χ3v) is 7.79. The van der Waals surface area contributed by atoms with Crippen LogP contribution in [0.1, 0.15) is 24.8 Å². The van der Waals surface area contributed by atoms with Crippen LogP contribution < -0.4 is 10.6 Å². The lowest BCUT2D eigenvalue weighted by molar-refractivity contribution is 0.251. The molecular weight excluding hydrogens is 432 g/mol. The lowest BCUT2D eigenvalue weighted by Gasteiger charge is -2.25. The molecular formula is C22H24N4O3S2. The van der Waals surface area contributed by atoms with E-state index < -0.39 is 10.0 Å². The minimum atomic E-state index is -3.44. The quantitative estimate of drug-likeness (QED) is 0.578. The van der Waals surface area contributed by atoms with Crippen molar-refractivity contribution in [1.29, 1.82) is 0 Å². The number of hydrogen-bond acceptors (Lipinski definition) is 5. The van der Waals surface area contributed by atoms with Crippen LogP contribution in [0, 0.1) is 0 Å². The summed E-state index contributed by atoms with van der Waals surface area (Å²) < 4.78 is 27.0. The number of nitrogens with one attached hydrogen (secondary N) is 2. The van der Waals surface area contributed by atoms with E-state index in [1.807, 2.05) is 35.7 Å². The van der Waals surface area contributed by atoms with Gasteiger partial charge in [-0.25, -0.2) is 18.2 Å². The molecule has 3 aromatic rings. The molecule has 2 N–H and O–H groups in total. The van der Waals surface area contributed by atoms with Crippen LogP contribution >= 0.6 is 11.3 Å². The summed E-state index contributed by atoms with van der Waals surface area (Å²) in [6, 6.07) is 16.1. The standard InChI is InChI=1S/C22H24N4O3S2/c27-21(25-22-24-20(16-30-22)18-7-3-1-4-8-18)23-15-17-9-11-19(12-10-17)31(28,29)26-13-5-2-6-14-26/h1,3-4,7-12,16H,2,5-6,13-15H2,(H2,23,24,25,27). The molecule has 0 spiro atoms. The van der Waals surface area contributed by atoms with Crippen molar-refractivity contribution in [1.82, 2.24) is 14.6 Å². The van der Waals surface area contributed by atoms with Gasteiger partial charge in [0.15, 0.2) is 5.13 Å². The van der Waals surface area contributed by atoms with Gasteiger partial charge >= 0.3 is 6.03 Å².